The number of hydrogen-bond acceptors (Lipinski definition) is 5. The molecule has 1 aliphatic rings. The Morgan fingerprint density at radius 1 is 1.09 bits per heavy atom. The summed E-state index contributed by atoms with van der Waals surface area (Å²) in [6, 6.07) is 17.1. The third-order valence-electron chi connectivity index (χ3n) is 5.37. The highest BCUT2D eigenvalue weighted by atomic mass is 16.4. The molecule has 1 fully saturated rings. The molecule has 0 aromatic heterocycles. The Morgan fingerprint density at radius 3 is 2.31 bits per heavy atom. The SMILES string of the molecule is CCC1(c2cccc(O)c2)CCCCN(C)C1.NC(=O)O.O=C(O)CNc1ccccc1. The molecule has 176 valence electrons. The Labute approximate surface area is 189 Å². The van der Waals surface area contributed by atoms with Crippen molar-refractivity contribution in [2.45, 2.75) is 38.0 Å². The fourth-order valence-corrected chi connectivity index (χ4v) is 3.82. The summed E-state index contributed by atoms with van der Waals surface area (Å²) >= 11 is 0. The van der Waals surface area contributed by atoms with Crippen LogP contribution in [0.4, 0.5) is 10.5 Å². The van der Waals surface area contributed by atoms with Crippen LogP contribution in [0, 0.1) is 0 Å². The highest BCUT2D eigenvalue weighted by Crippen LogP contribution is 2.37. The minimum absolute atomic E-state index is 0.0377. The lowest BCUT2D eigenvalue weighted by Gasteiger charge is -2.35. The van der Waals surface area contributed by atoms with Crippen LogP contribution in [-0.4, -0.2) is 59.0 Å². The summed E-state index contributed by atoms with van der Waals surface area (Å²) in [6.45, 7) is 4.53. The van der Waals surface area contributed by atoms with Crippen LogP contribution in [0.5, 0.6) is 5.75 Å². The number of benzene rings is 2. The number of aliphatic carboxylic acids is 1. The number of nitrogens with two attached hydrogens (primary N) is 1. The Kier molecular flexibility index (Phi) is 11.7. The predicted octanol–water partition coefficient (Wildman–Crippen LogP) is 3.96. The minimum atomic E-state index is -1.33. The number of aromatic hydroxyl groups is 1. The van der Waals surface area contributed by atoms with Gasteiger partial charge in [-0.2, -0.15) is 0 Å². The molecule has 0 aliphatic carbocycles. The number of carboxylic acids is 1. The second-order valence-corrected chi connectivity index (χ2v) is 7.83. The van der Waals surface area contributed by atoms with Gasteiger partial charge in [0.25, 0.3) is 0 Å². The first-order valence-electron chi connectivity index (χ1n) is 10.7. The fourth-order valence-electron chi connectivity index (χ4n) is 3.82. The zero-order valence-electron chi connectivity index (χ0n) is 18.8. The zero-order valence-corrected chi connectivity index (χ0v) is 18.8. The topological polar surface area (TPSA) is 136 Å². The van der Waals surface area contributed by atoms with Crippen LogP contribution in [0.2, 0.25) is 0 Å². The number of nitrogens with zero attached hydrogens (tertiary/aromatic N) is 1. The van der Waals surface area contributed by atoms with E-state index in [1.54, 1.807) is 6.07 Å². The van der Waals surface area contributed by atoms with E-state index < -0.39 is 12.1 Å². The number of nitrogens with one attached hydrogen (secondary N) is 1. The Morgan fingerprint density at radius 2 is 1.75 bits per heavy atom. The first-order valence-corrected chi connectivity index (χ1v) is 10.7. The van der Waals surface area contributed by atoms with Gasteiger partial charge in [-0.3, -0.25) is 4.79 Å². The van der Waals surface area contributed by atoms with Crippen molar-refractivity contribution in [2.24, 2.45) is 5.73 Å². The van der Waals surface area contributed by atoms with Gasteiger partial charge in [0, 0.05) is 17.6 Å². The molecule has 2 aromatic carbocycles. The van der Waals surface area contributed by atoms with Crippen molar-refractivity contribution < 1.29 is 24.9 Å². The molecule has 1 amide bonds. The van der Waals surface area contributed by atoms with Gasteiger partial charge in [0.15, 0.2) is 0 Å². The van der Waals surface area contributed by atoms with Gasteiger partial charge in [0.2, 0.25) is 0 Å². The molecule has 0 saturated carbocycles. The van der Waals surface area contributed by atoms with Crippen LogP contribution in [0.15, 0.2) is 54.6 Å². The summed E-state index contributed by atoms with van der Waals surface area (Å²) in [4.78, 5) is 21.3. The predicted molar refractivity (Wildman–Crippen MR) is 126 cm³/mol. The van der Waals surface area contributed by atoms with Crippen molar-refractivity contribution >= 4 is 17.7 Å². The van der Waals surface area contributed by atoms with E-state index in [9.17, 15) is 9.90 Å². The van der Waals surface area contributed by atoms with E-state index in [2.05, 4.69) is 36.0 Å². The lowest BCUT2D eigenvalue weighted by molar-refractivity contribution is -0.134. The number of likely N-dealkylation sites (N-methyl/N-ethyl adjacent to an activating group) is 1. The number of anilines is 1. The fraction of sp³-hybridized carbons (Fsp3) is 0.417. The van der Waals surface area contributed by atoms with E-state index in [1.807, 2.05) is 42.5 Å². The number of phenols is 1. The van der Waals surface area contributed by atoms with Crippen molar-refractivity contribution in [2.75, 3.05) is 32.0 Å². The maximum absolute atomic E-state index is 10.1. The van der Waals surface area contributed by atoms with Crippen LogP contribution in [-0.2, 0) is 10.2 Å². The van der Waals surface area contributed by atoms with Crippen LogP contribution in [0.1, 0.15) is 38.2 Å². The van der Waals surface area contributed by atoms with Crippen molar-refractivity contribution in [3.8, 4) is 5.75 Å². The molecule has 3 rings (SSSR count). The smallest absolute Gasteiger partial charge is 0.402 e. The number of likely N-dealkylation sites (tertiary alicyclic amines) is 1. The second kappa shape index (κ2) is 13.9. The largest absolute Gasteiger partial charge is 0.508 e. The number of amides is 1. The van der Waals surface area contributed by atoms with E-state index >= 15 is 0 Å². The van der Waals surface area contributed by atoms with E-state index in [-0.39, 0.29) is 12.0 Å². The third-order valence-corrected chi connectivity index (χ3v) is 5.37. The van der Waals surface area contributed by atoms with Crippen molar-refractivity contribution in [1.82, 2.24) is 4.90 Å². The molecule has 1 atom stereocenters. The number of carbonyl (C=O) groups is 2. The standard InChI is InChI=1S/C15H23NO.C8H9NO2.CH3NO2/c1-3-15(9-4-5-10-16(2)12-15)13-7-6-8-14(17)11-13;10-8(11)6-9-7-4-2-1-3-5-7;2-1(3)4/h6-8,11,17H,3-5,9-10,12H2,1-2H3;1-5,9H,6H2,(H,10,11);2H2,(H,3,4). The molecule has 8 nitrogen and oxygen atoms in total. The van der Waals surface area contributed by atoms with Gasteiger partial charge in [0.1, 0.15) is 12.3 Å². The molecule has 0 bridgehead atoms. The van der Waals surface area contributed by atoms with E-state index in [0.29, 0.717) is 5.75 Å². The van der Waals surface area contributed by atoms with Crippen LogP contribution in [0.25, 0.3) is 0 Å². The van der Waals surface area contributed by atoms with Crippen molar-refractivity contribution in [3.63, 3.8) is 0 Å². The molecule has 8 heteroatoms. The summed E-state index contributed by atoms with van der Waals surface area (Å²) in [5.41, 5.74) is 6.38. The molecule has 1 unspecified atom stereocenters. The van der Waals surface area contributed by atoms with Gasteiger partial charge in [0.05, 0.1) is 0 Å². The van der Waals surface area contributed by atoms with Crippen LogP contribution >= 0.6 is 0 Å². The van der Waals surface area contributed by atoms with Gasteiger partial charge < -0.3 is 31.3 Å². The first kappa shape index (κ1) is 26.8. The molecule has 2 aromatic rings. The highest BCUT2D eigenvalue weighted by molar-refractivity contribution is 5.72. The molecule has 0 spiro atoms. The number of para-hydroxylation sites is 1. The summed E-state index contributed by atoms with van der Waals surface area (Å²) < 4.78 is 0. The van der Waals surface area contributed by atoms with Crippen LogP contribution < -0.4 is 11.1 Å². The second-order valence-electron chi connectivity index (χ2n) is 7.83. The highest BCUT2D eigenvalue weighted by Gasteiger charge is 2.33. The number of rotatable bonds is 5. The zero-order chi connectivity index (χ0) is 24.0. The molecule has 32 heavy (non-hydrogen) atoms. The first-order chi connectivity index (χ1) is 15.2. The van der Waals surface area contributed by atoms with Crippen molar-refractivity contribution in [1.29, 1.82) is 0 Å². The van der Waals surface area contributed by atoms with E-state index in [4.69, 9.17) is 15.0 Å². The lowest BCUT2D eigenvalue weighted by atomic mass is 9.74. The monoisotopic (exact) mass is 445 g/mol. The minimum Gasteiger partial charge on any atom is -0.508 e. The third kappa shape index (κ3) is 10.2. The van der Waals surface area contributed by atoms with E-state index in [1.165, 1.54) is 31.4 Å². The van der Waals surface area contributed by atoms with Gasteiger partial charge >= 0.3 is 12.1 Å². The molecule has 1 saturated heterocycles. The van der Waals surface area contributed by atoms with Crippen LogP contribution in [0.3, 0.4) is 0 Å². The molecular formula is C24H35N3O5. The maximum Gasteiger partial charge on any atom is 0.402 e. The van der Waals surface area contributed by atoms with E-state index in [0.717, 1.165) is 18.7 Å². The molecule has 1 heterocycles. The Bertz CT molecular complexity index is 827. The Hall–Kier alpha value is -3.26. The van der Waals surface area contributed by atoms with Crippen molar-refractivity contribution in [3.05, 3.63) is 60.2 Å². The summed E-state index contributed by atoms with van der Waals surface area (Å²) in [5, 5.41) is 27.9. The molecule has 0 radical (unpaired) electrons. The summed E-state index contributed by atoms with van der Waals surface area (Å²) in [6.07, 6.45) is 3.61. The summed E-state index contributed by atoms with van der Waals surface area (Å²) in [5.74, 6) is -0.462. The average Bonchev–Trinajstić information content (AvgIpc) is 2.95. The van der Waals surface area contributed by atoms with Gasteiger partial charge in [-0.1, -0.05) is 43.7 Å². The maximum atomic E-state index is 10.1. The molecule has 1 aliphatic heterocycles. The number of primary amides is 1. The number of carboxylic acid groups (broad SMARTS) is 2. The van der Waals surface area contributed by atoms with Gasteiger partial charge in [-0.15, -0.1) is 0 Å². The number of hydrogen-bond donors (Lipinski definition) is 5. The van der Waals surface area contributed by atoms with Gasteiger partial charge in [-0.05, 0) is 62.7 Å². The number of phenolic OH excluding ortho intramolecular Hbond substituents is 1. The van der Waals surface area contributed by atoms with Gasteiger partial charge in [-0.25, -0.2) is 4.79 Å². The summed E-state index contributed by atoms with van der Waals surface area (Å²) in [7, 11) is 2.21. The average molecular weight is 446 g/mol. The normalized spacial score (nSPS) is 18.1. The lowest BCUT2D eigenvalue weighted by Crippen LogP contribution is -2.37. The molecule has 6 N–H and O–H groups in total. The Balaban J connectivity index is 0.000000293. The molecular weight excluding hydrogens is 410 g/mol. The quantitative estimate of drug-likeness (QED) is 0.470.